The maximum absolute atomic E-state index is 11.1. The lowest BCUT2D eigenvalue weighted by Gasteiger charge is -2.42. The van der Waals surface area contributed by atoms with Gasteiger partial charge in [-0.2, -0.15) is 0 Å². The van der Waals surface area contributed by atoms with E-state index < -0.39 is 5.97 Å². The van der Waals surface area contributed by atoms with Crippen molar-refractivity contribution in [2.24, 2.45) is 0 Å². The Morgan fingerprint density at radius 1 is 1.06 bits per heavy atom. The summed E-state index contributed by atoms with van der Waals surface area (Å²) < 4.78 is 1.00. The number of aromatic carboxylic acids is 1. The van der Waals surface area contributed by atoms with Crippen molar-refractivity contribution in [3.63, 3.8) is 0 Å². The third kappa shape index (κ3) is 5.39. The molecule has 1 aliphatic rings. The molecule has 33 heavy (non-hydrogen) atoms. The summed E-state index contributed by atoms with van der Waals surface area (Å²) in [4.78, 5) is 11.1. The number of nitrogens with zero attached hydrogens (tertiary/aromatic N) is 2. The first-order valence-electron chi connectivity index (χ1n) is 11.2. The van der Waals surface area contributed by atoms with E-state index in [0.29, 0.717) is 5.56 Å². The summed E-state index contributed by atoms with van der Waals surface area (Å²) in [5.74, 6) is 0.0478. The molecular formula is C27H30N2O2S2. The lowest BCUT2D eigenvalue weighted by atomic mass is 9.62. The van der Waals surface area contributed by atoms with Crippen LogP contribution in [0.2, 0.25) is 0 Å². The highest BCUT2D eigenvalue weighted by atomic mass is 32.2. The van der Waals surface area contributed by atoms with Crippen LogP contribution in [0.25, 0.3) is 12.2 Å². The fraction of sp³-hybridized carbons (Fsp3) is 0.370. The van der Waals surface area contributed by atoms with Crippen molar-refractivity contribution in [2.45, 2.75) is 62.1 Å². The fourth-order valence-electron chi connectivity index (χ4n) is 4.44. The van der Waals surface area contributed by atoms with Gasteiger partial charge in [-0.05, 0) is 70.0 Å². The summed E-state index contributed by atoms with van der Waals surface area (Å²) in [6.07, 6.45) is 7.58. The molecule has 0 saturated carbocycles. The topological polar surface area (TPSA) is 63.1 Å². The Bertz CT molecular complexity index is 1160. The molecule has 4 nitrogen and oxygen atoms in total. The van der Waals surface area contributed by atoms with Crippen LogP contribution in [0.1, 0.15) is 78.7 Å². The number of carbonyl (C=O) groups is 1. The maximum atomic E-state index is 11.1. The monoisotopic (exact) mass is 478 g/mol. The first-order chi connectivity index (χ1) is 15.7. The summed E-state index contributed by atoms with van der Waals surface area (Å²) in [5, 5.41) is 17.2. The lowest BCUT2D eigenvalue weighted by Crippen LogP contribution is -2.34. The first-order valence-corrected chi connectivity index (χ1v) is 13.1. The Balaban J connectivity index is 1.68. The molecule has 2 aromatic carbocycles. The van der Waals surface area contributed by atoms with E-state index in [-0.39, 0.29) is 10.8 Å². The van der Waals surface area contributed by atoms with E-state index in [2.05, 4.69) is 62.2 Å². The summed E-state index contributed by atoms with van der Waals surface area (Å²) in [7, 11) is 0. The van der Waals surface area contributed by atoms with Crippen molar-refractivity contribution in [3.05, 3.63) is 75.3 Å². The minimum Gasteiger partial charge on any atom is -0.478 e. The van der Waals surface area contributed by atoms with Crippen molar-refractivity contribution in [1.82, 2.24) is 10.2 Å². The van der Waals surface area contributed by atoms with E-state index in [9.17, 15) is 4.79 Å². The molecule has 1 aromatic heterocycles. The zero-order valence-electron chi connectivity index (χ0n) is 19.6. The largest absolute Gasteiger partial charge is 0.478 e. The Morgan fingerprint density at radius 2 is 1.73 bits per heavy atom. The van der Waals surface area contributed by atoms with Crippen LogP contribution >= 0.6 is 23.1 Å². The number of benzene rings is 2. The highest BCUT2D eigenvalue weighted by Crippen LogP contribution is 2.47. The molecule has 0 unspecified atom stereocenters. The molecule has 0 radical (unpaired) electrons. The van der Waals surface area contributed by atoms with Gasteiger partial charge < -0.3 is 5.11 Å². The van der Waals surface area contributed by atoms with E-state index >= 15 is 0 Å². The maximum Gasteiger partial charge on any atom is 0.335 e. The highest BCUT2D eigenvalue weighted by Gasteiger charge is 2.37. The van der Waals surface area contributed by atoms with Gasteiger partial charge in [0, 0.05) is 5.75 Å². The summed E-state index contributed by atoms with van der Waals surface area (Å²) in [6.45, 7) is 9.43. The molecule has 0 spiro atoms. The third-order valence-corrected chi connectivity index (χ3v) is 8.52. The number of fused-ring (bicyclic) bond motifs is 1. The minimum atomic E-state index is -0.903. The second-order valence-corrected chi connectivity index (χ2v) is 12.1. The fourth-order valence-corrected chi connectivity index (χ4v) is 5.98. The van der Waals surface area contributed by atoms with Crippen LogP contribution in [0.15, 0.2) is 46.2 Å². The average molecular weight is 479 g/mol. The molecule has 1 aliphatic carbocycles. The van der Waals surface area contributed by atoms with Gasteiger partial charge in [0.1, 0.15) is 5.51 Å². The number of aryl methyl sites for hydroxylation is 1. The van der Waals surface area contributed by atoms with Gasteiger partial charge in [-0.3, -0.25) is 0 Å². The molecule has 4 rings (SSSR count). The SMILES string of the molecule is CC1(C)CCC(C)(C)c2cc(CCSc3nncs3)c(/C=C/c3ccc(C(=O)O)cc3)cc21. The van der Waals surface area contributed by atoms with E-state index in [1.54, 1.807) is 40.7 Å². The smallest absolute Gasteiger partial charge is 0.335 e. The molecule has 0 saturated heterocycles. The molecule has 6 heteroatoms. The van der Waals surface area contributed by atoms with E-state index in [0.717, 1.165) is 22.1 Å². The Kier molecular flexibility index (Phi) is 6.78. The zero-order valence-corrected chi connectivity index (χ0v) is 21.2. The van der Waals surface area contributed by atoms with Crippen LogP contribution in [0.5, 0.6) is 0 Å². The number of aromatic nitrogens is 2. The second-order valence-electron chi connectivity index (χ2n) is 9.93. The molecule has 1 N–H and O–H groups in total. The van der Waals surface area contributed by atoms with Crippen molar-refractivity contribution < 1.29 is 9.90 Å². The van der Waals surface area contributed by atoms with Crippen LogP contribution in [0, 0.1) is 0 Å². The molecule has 0 bridgehead atoms. The molecule has 0 atom stereocenters. The van der Waals surface area contributed by atoms with E-state index in [1.807, 2.05) is 12.1 Å². The zero-order chi connectivity index (χ0) is 23.6. The van der Waals surface area contributed by atoms with Gasteiger partial charge in [0.25, 0.3) is 0 Å². The lowest BCUT2D eigenvalue weighted by molar-refractivity contribution is 0.0697. The number of carboxylic acids is 1. The molecule has 0 aliphatic heterocycles. The molecule has 0 fully saturated rings. The van der Waals surface area contributed by atoms with Crippen molar-refractivity contribution in [2.75, 3.05) is 5.75 Å². The van der Waals surface area contributed by atoms with Crippen LogP contribution in [-0.4, -0.2) is 27.0 Å². The quantitative estimate of drug-likeness (QED) is 0.290. The van der Waals surface area contributed by atoms with E-state index in [4.69, 9.17) is 5.11 Å². The Hall–Kier alpha value is -2.44. The molecule has 3 aromatic rings. The van der Waals surface area contributed by atoms with Gasteiger partial charge in [0.15, 0.2) is 4.34 Å². The van der Waals surface area contributed by atoms with E-state index in [1.165, 1.54) is 35.1 Å². The van der Waals surface area contributed by atoms with Gasteiger partial charge >= 0.3 is 5.97 Å². The van der Waals surface area contributed by atoms with Crippen molar-refractivity contribution in [1.29, 1.82) is 0 Å². The van der Waals surface area contributed by atoms with Crippen molar-refractivity contribution in [3.8, 4) is 0 Å². The number of rotatable bonds is 7. The standard InChI is InChI=1S/C27H30N2O2S2/c1-26(2)12-13-27(3,4)23-16-21(11-14-32-25-29-28-17-33-25)20(15-22(23)26)10-7-18-5-8-19(9-6-18)24(30)31/h5-10,15-17H,11-14H2,1-4H3,(H,30,31)/b10-7+. The predicted octanol–water partition coefficient (Wildman–Crippen LogP) is 7.09. The van der Waals surface area contributed by atoms with Crippen LogP contribution in [-0.2, 0) is 17.3 Å². The normalized spacial score (nSPS) is 16.6. The molecular weight excluding hydrogens is 448 g/mol. The van der Waals surface area contributed by atoms with Crippen molar-refractivity contribution >= 4 is 41.2 Å². The number of thioether (sulfide) groups is 1. The number of hydrogen-bond donors (Lipinski definition) is 1. The van der Waals surface area contributed by atoms with Crippen LogP contribution < -0.4 is 0 Å². The third-order valence-electron chi connectivity index (χ3n) is 6.66. The van der Waals surface area contributed by atoms with Crippen LogP contribution in [0.4, 0.5) is 0 Å². The number of carboxylic acid groups (broad SMARTS) is 1. The van der Waals surface area contributed by atoms with Crippen LogP contribution in [0.3, 0.4) is 0 Å². The minimum absolute atomic E-state index is 0.149. The predicted molar refractivity (Wildman–Crippen MR) is 138 cm³/mol. The summed E-state index contributed by atoms with van der Waals surface area (Å²) >= 11 is 3.33. The molecule has 1 heterocycles. The summed E-state index contributed by atoms with van der Waals surface area (Å²) in [6, 6.07) is 11.8. The second kappa shape index (κ2) is 9.43. The van der Waals surface area contributed by atoms with Gasteiger partial charge in [0.05, 0.1) is 5.56 Å². The number of hydrogen-bond acceptors (Lipinski definition) is 5. The highest BCUT2D eigenvalue weighted by molar-refractivity contribution is 8.00. The Morgan fingerprint density at radius 3 is 2.33 bits per heavy atom. The average Bonchev–Trinajstić information content (AvgIpc) is 3.29. The summed E-state index contributed by atoms with van der Waals surface area (Å²) in [5.41, 5.74) is 8.88. The van der Waals surface area contributed by atoms with Gasteiger partial charge in [-0.25, -0.2) is 4.79 Å². The van der Waals surface area contributed by atoms with Gasteiger partial charge in [-0.1, -0.05) is 87.2 Å². The molecule has 172 valence electrons. The Labute approximate surface area is 204 Å². The van der Waals surface area contributed by atoms with Gasteiger partial charge in [0.2, 0.25) is 0 Å². The van der Waals surface area contributed by atoms with Gasteiger partial charge in [-0.15, -0.1) is 10.2 Å². The molecule has 0 amide bonds. The first kappa shape index (κ1) is 23.7.